The molecule has 0 fully saturated rings. The van der Waals surface area contributed by atoms with Gasteiger partial charge in [0.2, 0.25) is 0 Å². The molecule has 26 heavy (non-hydrogen) atoms. The number of carboxylic acid groups (broad SMARTS) is 1. The second-order valence-electron chi connectivity index (χ2n) is 6.53. The Bertz CT molecular complexity index is 802. The van der Waals surface area contributed by atoms with Gasteiger partial charge in [-0.1, -0.05) is 49.4 Å². The summed E-state index contributed by atoms with van der Waals surface area (Å²) in [5.41, 5.74) is 0.859. The van der Waals surface area contributed by atoms with Gasteiger partial charge in [-0.05, 0) is 36.6 Å². The smallest absolute Gasteiger partial charge is 0.334 e. The molecule has 1 aliphatic rings. The van der Waals surface area contributed by atoms with Crippen LogP contribution in [0.2, 0.25) is 0 Å². The monoisotopic (exact) mass is 352 g/mol. The van der Waals surface area contributed by atoms with Crippen molar-refractivity contribution in [2.75, 3.05) is 7.11 Å². The molecule has 5 nitrogen and oxygen atoms in total. The van der Waals surface area contributed by atoms with Crippen LogP contribution in [0.5, 0.6) is 5.75 Å². The van der Waals surface area contributed by atoms with Crippen LogP contribution in [0.25, 0.3) is 0 Å². The molecule has 0 aromatic heterocycles. The first-order valence-electron chi connectivity index (χ1n) is 8.76. The molecule has 1 heterocycles. The summed E-state index contributed by atoms with van der Waals surface area (Å²) in [5, 5.41) is 10.0. The van der Waals surface area contributed by atoms with Crippen LogP contribution < -0.4 is 4.74 Å². The first-order chi connectivity index (χ1) is 12.5. The van der Waals surface area contributed by atoms with Gasteiger partial charge in [0.15, 0.2) is 5.54 Å². The van der Waals surface area contributed by atoms with Crippen LogP contribution in [0.4, 0.5) is 0 Å². The van der Waals surface area contributed by atoms with Crippen LogP contribution in [-0.4, -0.2) is 34.5 Å². The minimum absolute atomic E-state index is 0.365. The fourth-order valence-corrected chi connectivity index (χ4v) is 3.67. The van der Waals surface area contributed by atoms with Gasteiger partial charge in [-0.3, -0.25) is 4.99 Å². The predicted octanol–water partition coefficient (Wildman–Crippen LogP) is 3.90. The lowest BCUT2D eigenvalue weighted by atomic mass is 9.83. The van der Waals surface area contributed by atoms with Crippen LogP contribution in [0.1, 0.15) is 37.4 Å². The normalized spacial score (nSPS) is 22.2. The molecule has 0 aliphatic carbocycles. The number of methoxy groups -OCH3 is 1. The summed E-state index contributed by atoms with van der Waals surface area (Å²) in [6.07, 6.45) is 0.418. The highest BCUT2D eigenvalue weighted by atomic mass is 16.5. The van der Waals surface area contributed by atoms with Crippen molar-refractivity contribution in [2.45, 2.75) is 38.4 Å². The molecule has 1 N–H and O–H groups in total. The average Bonchev–Trinajstić information content (AvgIpc) is 2.95. The molecule has 0 unspecified atom stereocenters. The number of carboxylic acids is 1. The highest BCUT2D eigenvalue weighted by molar-refractivity contribution is 5.92. The van der Waals surface area contributed by atoms with E-state index in [0.29, 0.717) is 13.0 Å². The van der Waals surface area contributed by atoms with Crippen molar-refractivity contribution in [3.63, 3.8) is 0 Å². The van der Waals surface area contributed by atoms with E-state index < -0.39 is 11.5 Å². The van der Waals surface area contributed by atoms with E-state index in [0.717, 1.165) is 22.7 Å². The van der Waals surface area contributed by atoms with E-state index in [2.05, 4.69) is 9.89 Å². The molecule has 136 valence electrons. The van der Waals surface area contributed by atoms with Crippen molar-refractivity contribution < 1.29 is 14.6 Å². The molecule has 0 saturated carbocycles. The van der Waals surface area contributed by atoms with Crippen LogP contribution in [0, 0.1) is 0 Å². The highest BCUT2D eigenvalue weighted by Crippen LogP contribution is 2.44. The molecule has 2 aromatic rings. The molecule has 3 rings (SSSR count). The quantitative estimate of drug-likeness (QED) is 0.856. The molecule has 2 atom stereocenters. The predicted molar refractivity (Wildman–Crippen MR) is 101 cm³/mol. The highest BCUT2D eigenvalue weighted by Gasteiger charge is 2.52. The van der Waals surface area contributed by atoms with Gasteiger partial charge >= 0.3 is 5.97 Å². The van der Waals surface area contributed by atoms with E-state index in [1.54, 1.807) is 7.11 Å². The number of aliphatic imine (C=N–C) groups is 1. The lowest BCUT2D eigenvalue weighted by molar-refractivity contribution is -0.145. The van der Waals surface area contributed by atoms with Crippen LogP contribution in [-0.2, 0) is 11.3 Å². The molecule has 5 heteroatoms. The van der Waals surface area contributed by atoms with Gasteiger partial charge in [0.05, 0.1) is 19.0 Å². The number of amidine groups is 1. The van der Waals surface area contributed by atoms with Gasteiger partial charge in [-0.25, -0.2) is 4.79 Å². The Hall–Kier alpha value is -2.82. The Morgan fingerprint density at radius 1 is 1.19 bits per heavy atom. The Morgan fingerprint density at radius 3 is 2.38 bits per heavy atom. The Morgan fingerprint density at radius 2 is 1.85 bits per heavy atom. The number of benzene rings is 2. The zero-order valence-corrected chi connectivity index (χ0v) is 15.3. The summed E-state index contributed by atoms with van der Waals surface area (Å²) in [5.74, 6) is 0.603. The van der Waals surface area contributed by atoms with Crippen LogP contribution in [0.15, 0.2) is 59.6 Å². The minimum atomic E-state index is -1.19. The van der Waals surface area contributed by atoms with Crippen LogP contribution in [0.3, 0.4) is 0 Å². The lowest BCUT2D eigenvalue weighted by Crippen LogP contribution is -2.44. The van der Waals surface area contributed by atoms with Crippen molar-refractivity contribution >= 4 is 11.8 Å². The van der Waals surface area contributed by atoms with Crippen LogP contribution >= 0.6 is 0 Å². The van der Waals surface area contributed by atoms with Crippen molar-refractivity contribution in [1.29, 1.82) is 0 Å². The number of carbonyl (C=O) groups is 1. The number of rotatable bonds is 6. The van der Waals surface area contributed by atoms with Gasteiger partial charge in [-0.2, -0.15) is 0 Å². The molecule has 1 aliphatic heterocycles. The maximum Gasteiger partial charge on any atom is 0.334 e. The SMILES string of the molecule is CC[C@]1(C(=O)O)N=C(C)N(Cc2ccccc2)[C@H]1c1ccc(OC)cc1. The number of nitrogens with zero attached hydrogens (tertiary/aromatic N) is 2. The van der Waals surface area contributed by atoms with Crippen molar-refractivity contribution in [2.24, 2.45) is 4.99 Å². The average molecular weight is 352 g/mol. The van der Waals surface area contributed by atoms with Crippen molar-refractivity contribution in [1.82, 2.24) is 4.90 Å². The zero-order chi connectivity index (χ0) is 18.7. The summed E-state index contributed by atoms with van der Waals surface area (Å²) >= 11 is 0. The molecule has 0 radical (unpaired) electrons. The summed E-state index contributed by atoms with van der Waals surface area (Å²) in [6, 6.07) is 17.3. The largest absolute Gasteiger partial charge is 0.497 e. The fraction of sp³-hybridized carbons (Fsp3) is 0.333. The van der Waals surface area contributed by atoms with E-state index >= 15 is 0 Å². The first-order valence-corrected chi connectivity index (χ1v) is 8.76. The molecule has 0 amide bonds. The Kier molecular flexibility index (Phi) is 4.98. The summed E-state index contributed by atoms with van der Waals surface area (Å²) < 4.78 is 5.24. The van der Waals surface area contributed by atoms with E-state index in [9.17, 15) is 9.90 Å². The number of ether oxygens (including phenoxy) is 1. The second kappa shape index (κ2) is 7.20. The topological polar surface area (TPSA) is 62.1 Å². The van der Waals surface area contributed by atoms with Gasteiger partial charge in [0, 0.05) is 6.54 Å². The minimum Gasteiger partial charge on any atom is -0.497 e. The second-order valence-corrected chi connectivity index (χ2v) is 6.53. The van der Waals surface area contributed by atoms with E-state index in [4.69, 9.17) is 4.74 Å². The third kappa shape index (κ3) is 3.05. The van der Waals surface area contributed by atoms with Gasteiger partial charge in [0.1, 0.15) is 5.75 Å². The first kappa shape index (κ1) is 18.0. The third-order valence-electron chi connectivity index (χ3n) is 5.08. The number of hydrogen-bond donors (Lipinski definition) is 1. The van der Waals surface area contributed by atoms with Gasteiger partial charge in [0.25, 0.3) is 0 Å². The molecule has 0 bridgehead atoms. The zero-order valence-electron chi connectivity index (χ0n) is 15.3. The maximum atomic E-state index is 12.2. The molecule has 0 saturated heterocycles. The lowest BCUT2D eigenvalue weighted by Gasteiger charge is -2.35. The third-order valence-corrected chi connectivity index (χ3v) is 5.08. The molecule has 0 spiro atoms. The van der Waals surface area contributed by atoms with Gasteiger partial charge < -0.3 is 14.7 Å². The Labute approximate surface area is 153 Å². The van der Waals surface area contributed by atoms with E-state index in [-0.39, 0.29) is 6.04 Å². The summed E-state index contributed by atoms with van der Waals surface area (Å²) in [7, 11) is 1.62. The molecular formula is C21H24N2O3. The summed E-state index contributed by atoms with van der Waals surface area (Å²) in [4.78, 5) is 19.0. The van der Waals surface area contributed by atoms with E-state index in [1.807, 2.05) is 68.4 Å². The number of hydrogen-bond acceptors (Lipinski definition) is 4. The standard InChI is InChI=1S/C21H24N2O3/c1-4-21(20(24)25)19(17-10-12-18(26-3)13-11-17)23(15(2)22-21)14-16-8-6-5-7-9-16/h5-13,19H,4,14H2,1-3H3,(H,24,25)/t19-,21-/m0/s1. The van der Waals surface area contributed by atoms with Gasteiger partial charge in [-0.15, -0.1) is 0 Å². The Balaban J connectivity index is 2.05. The van der Waals surface area contributed by atoms with E-state index in [1.165, 1.54) is 0 Å². The number of aliphatic carboxylic acids is 1. The van der Waals surface area contributed by atoms with Crippen molar-refractivity contribution in [3.05, 3.63) is 65.7 Å². The maximum absolute atomic E-state index is 12.2. The van der Waals surface area contributed by atoms with Crippen molar-refractivity contribution in [3.8, 4) is 5.75 Å². The molecular weight excluding hydrogens is 328 g/mol. The fourth-order valence-electron chi connectivity index (χ4n) is 3.67. The molecule has 2 aromatic carbocycles. The summed E-state index contributed by atoms with van der Waals surface area (Å²) in [6.45, 7) is 4.38.